The molecule has 0 saturated carbocycles. The van der Waals surface area contributed by atoms with Gasteiger partial charge in [-0.05, 0) is 29.8 Å². The highest BCUT2D eigenvalue weighted by Gasteiger charge is 2.18. The van der Waals surface area contributed by atoms with Crippen molar-refractivity contribution < 1.29 is 9.66 Å². The number of hydrogen-bond donors (Lipinski definition) is 0. The molecule has 0 heterocycles. The number of halogens is 2. The van der Waals surface area contributed by atoms with Gasteiger partial charge in [0.2, 0.25) is 0 Å². The third kappa shape index (κ3) is 3.07. The number of hydrogen-bond acceptors (Lipinski definition) is 3. The van der Waals surface area contributed by atoms with Crippen molar-refractivity contribution in [2.75, 3.05) is 0 Å². The average Bonchev–Trinajstić information content (AvgIpc) is 2.09. The van der Waals surface area contributed by atoms with Gasteiger partial charge < -0.3 is 4.74 Å². The lowest BCUT2D eigenvalue weighted by Crippen LogP contribution is -2.07. The highest BCUT2D eigenvalue weighted by molar-refractivity contribution is 9.10. The molecule has 0 saturated heterocycles. The van der Waals surface area contributed by atoms with Crippen molar-refractivity contribution >= 4 is 33.2 Å². The quantitative estimate of drug-likeness (QED) is 0.629. The summed E-state index contributed by atoms with van der Waals surface area (Å²) in [6.45, 7) is 3.60. The van der Waals surface area contributed by atoms with Crippen molar-refractivity contribution in [3.05, 3.63) is 31.7 Å². The number of nitro groups is 1. The summed E-state index contributed by atoms with van der Waals surface area (Å²) in [6, 6.07) is 2.77. The van der Waals surface area contributed by atoms with Gasteiger partial charge in [0.15, 0.2) is 5.75 Å². The minimum Gasteiger partial charge on any atom is -0.484 e. The topological polar surface area (TPSA) is 52.4 Å². The second-order valence-electron chi connectivity index (χ2n) is 3.16. The number of nitro benzene ring substituents is 1. The van der Waals surface area contributed by atoms with Crippen LogP contribution in [0.4, 0.5) is 5.69 Å². The first-order valence-corrected chi connectivity index (χ1v) is 5.39. The molecule has 15 heavy (non-hydrogen) atoms. The van der Waals surface area contributed by atoms with Crippen LogP contribution in [-0.4, -0.2) is 11.0 Å². The average molecular weight is 295 g/mol. The van der Waals surface area contributed by atoms with Gasteiger partial charge in [-0.25, -0.2) is 0 Å². The molecular weight excluding hydrogens is 285 g/mol. The van der Waals surface area contributed by atoms with Gasteiger partial charge in [0.05, 0.1) is 16.0 Å². The van der Waals surface area contributed by atoms with E-state index in [9.17, 15) is 10.1 Å². The number of rotatable bonds is 3. The minimum atomic E-state index is -0.518. The van der Waals surface area contributed by atoms with Gasteiger partial charge in [-0.1, -0.05) is 11.6 Å². The predicted octanol–water partition coefficient (Wildman–Crippen LogP) is 3.80. The lowest BCUT2D eigenvalue weighted by atomic mass is 10.3. The van der Waals surface area contributed by atoms with Crippen LogP contribution in [0.5, 0.6) is 5.75 Å². The second kappa shape index (κ2) is 4.81. The smallest absolute Gasteiger partial charge is 0.312 e. The molecule has 1 aromatic carbocycles. The third-order valence-electron chi connectivity index (χ3n) is 1.56. The highest BCUT2D eigenvalue weighted by Crippen LogP contribution is 2.36. The zero-order chi connectivity index (χ0) is 11.6. The summed E-state index contributed by atoms with van der Waals surface area (Å²) >= 11 is 8.94. The van der Waals surface area contributed by atoms with Crippen LogP contribution in [0.25, 0.3) is 0 Å². The lowest BCUT2D eigenvalue weighted by Gasteiger charge is -2.10. The van der Waals surface area contributed by atoms with E-state index in [0.717, 1.165) is 0 Å². The Hall–Kier alpha value is -0.810. The fourth-order valence-electron chi connectivity index (χ4n) is 1.01. The molecule has 0 radical (unpaired) electrons. The maximum Gasteiger partial charge on any atom is 0.312 e. The zero-order valence-electron chi connectivity index (χ0n) is 8.16. The fraction of sp³-hybridized carbons (Fsp3) is 0.333. The van der Waals surface area contributed by atoms with Gasteiger partial charge in [0.1, 0.15) is 0 Å². The molecule has 0 aliphatic heterocycles. The lowest BCUT2D eigenvalue weighted by molar-refractivity contribution is -0.386. The summed E-state index contributed by atoms with van der Waals surface area (Å²) in [5.74, 6) is 0.214. The van der Waals surface area contributed by atoms with Crippen molar-refractivity contribution in [2.24, 2.45) is 0 Å². The molecule has 6 heteroatoms. The van der Waals surface area contributed by atoms with E-state index in [0.29, 0.717) is 4.47 Å². The largest absolute Gasteiger partial charge is 0.484 e. The van der Waals surface area contributed by atoms with Crippen LogP contribution in [0.1, 0.15) is 13.8 Å². The molecule has 0 fully saturated rings. The minimum absolute atomic E-state index is 0.128. The molecule has 0 aliphatic carbocycles. The third-order valence-corrected chi connectivity index (χ3v) is 2.76. The van der Waals surface area contributed by atoms with Crippen LogP contribution in [-0.2, 0) is 0 Å². The van der Waals surface area contributed by atoms with E-state index in [1.165, 1.54) is 12.1 Å². The van der Waals surface area contributed by atoms with Crippen LogP contribution < -0.4 is 4.74 Å². The molecule has 0 atom stereocenters. The van der Waals surface area contributed by atoms with E-state index in [4.69, 9.17) is 16.3 Å². The van der Waals surface area contributed by atoms with E-state index in [1.54, 1.807) is 13.8 Å². The highest BCUT2D eigenvalue weighted by atomic mass is 79.9. The summed E-state index contributed by atoms with van der Waals surface area (Å²) in [4.78, 5) is 10.2. The Kier molecular flexibility index (Phi) is 3.93. The molecule has 0 spiro atoms. The molecule has 0 N–H and O–H groups in total. The molecule has 1 rings (SSSR count). The first-order valence-electron chi connectivity index (χ1n) is 4.22. The molecule has 4 nitrogen and oxygen atoms in total. The standard InChI is InChI=1S/C9H9BrClNO3/c1-5(2)15-9-3-6(10)7(11)4-8(9)12(13)14/h3-5H,1-2H3. The second-order valence-corrected chi connectivity index (χ2v) is 4.42. The summed E-state index contributed by atoms with van der Waals surface area (Å²) in [7, 11) is 0. The first kappa shape index (κ1) is 12.3. The number of ether oxygens (including phenoxy) is 1. The molecule has 1 aromatic rings. The van der Waals surface area contributed by atoms with E-state index in [1.807, 2.05) is 0 Å². The molecule has 0 aliphatic rings. The Bertz CT molecular complexity index is 395. The molecular formula is C9H9BrClNO3. The summed E-state index contributed by atoms with van der Waals surface area (Å²) < 4.78 is 5.89. The van der Waals surface area contributed by atoms with E-state index >= 15 is 0 Å². The van der Waals surface area contributed by atoms with Crippen LogP contribution in [0, 0.1) is 10.1 Å². The van der Waals surface area contributed by atoms with Crippen molar-refractivity contribution in [3.63, 3.8) is 0 Å². The Labute approximate surface area is 100 Å². The van der Waals surface area contributed by atoms with Gasteiger partial charge in [0, 0.05) is 16.6 Å². The van der Waals surface area contributed by atoms with E-state index in [-0.39, 0.29) is 22.6 Å². The van der Waals surface area contributed by atoms with Crippen molar-refractivity contribution in [2.45, 2.75) is 20.0 Å². The Morgan fingerprint density at radius 3 is 2.60 bits per heavy atom. The Morgan fingerprint density at radius 1 is 1.53 bits per heavy atom. The van der Waals surface area contributed by atoms with Crippen molar-refractivity contribution in [1.82, 2.24) is 0 Å². The first-order chi connectivity index (χ1) is 6.91. The van der Waals surface area contributed by atoms with Gasteiger partial charge in [-0.3, -0.25) is 10.1 Å². The summed E-state index contributed by atoms with van der Waals surface area (Å²) in [5, 5.41) is 11.0. The van der Waals surface area contributed by atoms with Gasteiger partial charge in [-0.2, -0.15) is 0 Å². The number of benzene rings is 1. The van der Waals surface area contributed by atoms with E-state index in [2.05, 4.69) is 15.9 Å². The summed E-state index contributed by atoms with van der Waals surface area (Å²) in [6.07, 6.45) is -0.128. The maximum absolute atomic E-state index is 10.7. The van der Waals surface area contributed by atoms with E-state index < -0.39 is 4.92 Å². The van der Waals surface area contributed by atoms with Gasteiger partial charge >= 0.3 is 5.69 Å². The zero-order valence-corrected chi connectivity index (χ0v) is 10.5. The summed E-state index contributed by atoms with van der Waals surface area (Å²) in [5.41, 5.74) is -0.128. The molecule has 82 valence electrons. The van der Waals surface area contributed by atoms with Crippen molar-refractivity contribution in [3.8, 4) is 5.75 Å². The molecule has 0 aromatic heterocycles. The molecule has 0 bridgehead atoms. The SMILES string of the molecule is CC(C)Oc1cc(Br)c(Cl)cc1[N+](=O)[O-]. The van der Waals surface area contributed by atoms with Crippen LogP contribution in [0.3, 0.4) is 0 Å². The predicted molar refractivity (Wildman–Crippen MR) is 61.6 cm³/mol. The normalized spacial score (nSPS) is 10.5. The van der Waals surface area contributed by atoms with Crippen LogP contribution >= 0.6 is 27.5 Å². The van der Waals surface area contributed by atoms with Crippen LogP contribution in [0.2, 0.25) is 5.02 Å². The van der Waals surface area contributed by atoms with Crippen molar-refractivity contribution in [1.29, 1.82) is 0 Å². The Morgan fingerprint density at radius 2 is 2.13 bits per heavy atom. The number of nitrogens with zero attached hydrogens (tertiary/aromatic N) is 1. The van der Waals surface area contributed by atoms with Gasteiger partial charge in [-0.15, -0.1) is 0 Å². The molecule has 0 amide bonds. The fourth-order valence-corrected chi connectivity index (χ4v) is 1.49. The monoisotopic (exact) mass is 293 g/mol. The molecule has 0 unspecified atom stereocenters. The van der Waals surface area contributed by atoms with Crippen LogP contribution in [0.15, 0.2) is 16.6 Å². The van der Waals surface area contributed by atoms with Gasteiger partial charge in [0.25, 0.3) is 0 Å². The Balaban J connectivity index is 3.22. The maximum atomic E-state index is 10.7.